The highest BCUT2D eigenvalue weighted by molar-refractivity contribution is 5.69. The third kappa shape index (κ3) is 1.73. The van der Waals surface area contributed by atoms with E-state index in [0.29, 0.717) is 0 Å². The molecule has 1 aromatic carbocycles. The maximum Gasteiger partial charge on any atom is 0.0948 e. The number of hydrogen-bond acceptors (Lipinski definition) is 2. The van der Waals surface area contributed by atoms with Crippen molar-refractivity contribution in [1.29, 1.82) is 0 Å². The summed E-state index contributed by atoms with van der Waals surface area (Å²) in [5, 5.41) is 6.93. The summed E-state index contributed by atoms with van der Waals surface area (Å²) in [6.45, 7) is 0. The van der Waals surface area contributed by atoms with Crippen molar-refractivity contribution >= 4 is 0 Å². The van der Waals surface area contributed by atoms with Gasteiger partial charge >= 0.3 is 0 Å². The highest BCUT2D eigenvalue weighted by atomic mass is 15.1. The minimum absolute atomic E-state index is 1.02. The van der Waals surface area contributed by atoms with E-state index in [1.54, 1.807) is 12.5 Å². The molecule has 0 bridgehead atoms. The fraction of sp³-hybridized carbons (Fsp3) is 0.0769. The molecule has 0 atom stereocenters. The number of rotatable bonds is 2. The SMILES string of the molecule is Cn1cncc1-c1cccc(-c2ccn[nH]2)c1. The molecule has 3 rings (SSSR count). The molecular formula is C13H12N4. The lowest BCUT2D eigenvalue weighted by atomic mass is 10.1. The van der Waals surface area contributed by atoms with Crippen LogP contribution in [-0.2, 0) is 7.05 Å². The van der Waals surface area contributed by atoms with E-state index in [1.807, 2.05) is 29.9 Å². The first-order valence-electron chi connectivity index (χ1n) is 5.41. The van der Waals surface area contributed by atoms with E-state index >= 15 is 0 Å². The Morgan fingerprint density at radius 1 is 1.18 bits per heavy atom. The Bertz CT molecular complexity index is 622. The molecule has 17 heavy (non-hydrogen) atoms. The van der Waals surface area contributed by atoms with Gasteiger partial charge in [-0.3, -0.25) is 5.10 Å². The molecule has 4 heteroatoms. The van der Waals surface area contributed by atoms with Crippen molar-refractivity contribution in [1.82, 2.24) is 19.7 Å². The molecule has 2 heterocycles. The zero-order valence-electron chi connectivity index (χ0n) is 9.46. The molecule has 0 aliphatic rings. The second-order valence-corrected chi connectivity index (χ2v) is 3.94. The zero-order chi connectivity index (χ0) is 11.7. The van der Waals surface area contributed by atoms with Crippen LogP contribution >= 0.6 is 0 Å². The molecule has 0 amide bonds. The van der Waals surface area contributed by atoms with Crippen LogP contribution in [0, 0.1) is 0 Å². The predicted molar refractivity (Wildman–Crippen MR) is 66.2 cm³/mol. The summed E-state index contributed by atoms with van der Waals surface area (Å²) in [5.41, 5.74) is 4.40. The van der Waals surface area contributed by atoms with Crippen molar-refractivity contribution in [2.45, 2.75) is 0 Å². The van der Waals surface area contributed by atoms with Crippen LogP contribution in [0.2, 0.25) is 0 Å². The molecule has 3 aromatic rings. The third-order valence-corrected chi connectivity index (χ3v) is 2.79. The molecule has 0 aliphatic heterocycles. The van der Waals surface area contributed by atoms with Crippen LogP contribution in [0.15, 0.2) is 49.1 Å². The smallest absolute Gasteiger partial charge is 0.0948 e. The summed E-state index contributed by atoms with van der Waals surface area (Å²) in [5.74, 6) is 0. The van der Waals surface area contributed by atoms with Gasteiger partial charge in [0.1, 0.15) is 0 Å². The van der Waals surface area contributed by atoms with E-state index in [0.717, 1.165) is 22.5 Å². The fourth-order valence-corrected chi connectivity index (χ4v) is 1.90. The summed E-state index contributed by atoms with van der Waals surface area (Å²) in [4.78, 5) is 4.13. The lowest BCUT2D eigenvalue weighted by Crippen LogP contribution is -1.89. The third-order valence-electron chi connectivity index (χ3n) is 2.79. The molecule has 4 nitrogen and oxygen atoms in total. The molecule has 0 fully saturated rings. The van der Waals surface area contributed by atoms with Gasteiger partial charge in [-0.05, 0) is 12.1 Å². The maximum atomic E-state index is 4.13. The maximum absolute atomic E-state index is 4.13. The lowest BCUT2D eigenvalue weighted by Gasteiger charge is -2.04. The molecule has 0 radical (unpaired) electrons. The van der Waals surface area contributed by atoms with Crippen LogP contribution in [0.4, 0.5) is 0 Å². The Morgan fingerprint density at radius 3 is 2.76 bits per heavy atom. The van der Waals surface area contributed by atoms with Gasteiger partial charge in [-0.15, -0.1) is 0 Å². The standard InChI is InChI=1S/C13H12N4/c1-17-9-14-8-13(17)11-4-2-3-10(7-11)12-5-6-15-16-12/h2-9H,1H3,(H,15,16). The summed E-state index contributed by atoms with van der Waals surface area (Å²) in [7, 11) is 1.99. The number of aromatic nitrogens is 4. The summed E-state index contributed by atoms with van der Waals surface area (Å²) in [6.07, 6.45) is 5.43. The van der Waals surface area contributed by atoms with Gasteiger partial charge in [0, 0.05) is 24.4 Å². The number of hydrogen-bond donors (Lipinski definition) is 1. The van der Waals surface area contributed by atoms with Crippen molar-refractivity contribution in [3.05, 3.63) is 49.1 Å². The highest BCUT2D eigenvalue weighted by Gasteiger charge is 2.04. The van der Waals surface area contributed by atoms with Gasteiger partial charge < -0.3 is 4.57 Å². The topological polar surface area (TPSA) is 46.5 Å². The van der Waals surface area contributed by atoms with Crippen LogP contribution in [0.3, 0.4) is 0 Å². The molecule has 0 saturated heterocycles. The van der Waals surface area contributed by atoms with E-state index in [9.17, 15) is 0 Å². The Hall–Kier alpha value is -2.36. The van der Waals surface area contributed by atoms with Crippen LogP contribution in [0.1, 0.15) is 0 Å². The quantitative estimate of drug-likeness (QED) is 0.726. The van der Waals surface area contributed by atoms with Gasteiger partial charge in [0.2, 0.25) is 0 Å². The molecule has 0 spiro atoms. The first kappa shape index (κ1) is 9.84. The molecule has 84 valence electrons. The van der Waals surface area contributed by atoms with Gasteiger partial charge in [-0.1, -0.05) is 18.2 Å². The Kier molecular flexibility index (Phi) is 2.26. The number of aryl methyl sites for hydroxylation is 1. The first-order valence-corrected chi connectivity index (χ1v) is 5.41. The van der Waals surface area contributed by atoms with E-state index in [1.165, 1.54) is 0 Å². The minimum atomic E-state index is 1.02. The average Bonchev–Trinajstić information content (AvgIpc) is 2.99. The second kappa shape index (κ2) is 3.90. The summed E-state index contributed by atoms with van der Waals surface area (Å²) < 4.78 is 2.01. The largest absolute Gasteiger partial charge is 0.334 e. The average molecular weight is 224 g/mol. The van der Waals surface area contributed by atoms with E-state index in [2.05, 4.69) is 33.4 Å². The number of aromatic amines is 1. The molecule has 0 aliphatic carbocycles. The molecule has 0 saturated carbocycles. The van der Waals surface area contributed by atoms with Crippen LogP contribution in [0.25, 0.3) is 22.5 Å². The molecule has 0 unspecified atom stereocenters. The fourth-order valence-electron chi connectivity index (χ4n) is 1.90. The van der Waals surface area contributed by atoms with E-state index < -0.39 is 0 Å². The van der Waals surface area contributed by atoms with Crippen molar-refractivity contribution in [3.8, 4) is 22.5 Å². The normalized spacial score (nSPS) is 10.6. The molecule has 1 N–H and O–H groups in total. The molecule has 2 aromatic heterocycles. The monoisotopic (exact) mass is 224 g/mol. The Morgan fingerprint density at radius 2 is 2.06 bits per heavy atom. The summed E-state index contributed by atoms with van der Waals surface area (Å²) in [6, 6.07) is 10.3. The van der Waals surface area contributed by atoms with Crippen LogP contribution in [0.5, 0.6) is 0 Å². The van der Waals surface area contributed by atoms with Crippen molar-refractivity contribution in [2.75, 3.05) is 0 Å². The van der Waals surface area contributed by atoms with Crippen LogP contribution < -0.4 is 0 Å². The van der Waals surface area contributed by atoms with Gasteiger partial charge in [-0.25, -0.2) is 4.98 Å². The van der Waals surface area contributed by atoms with Gasteiger partial charge in [0.25, 0.3) is 0 Å². The van der Waals surface area contributed by atoms with E-state index in [-0.39, 0.29) is 0 Å². The van der Waals surface area contributed by atoms with Crippen molar-refractivity contribution < 1.29 is 0 Å². The highest BCUT2D eigenvalue weighted by Crippen LogP contribution is 2.24. The van der Waals surface area contributed by atoms with Crippen molar-refractivity contribution in [3.63, 3.8) is 0 Å². The predicted octanol–water partition coefficient (Wildman–Crippen LogP) is 2.48. The first-order chi connectivity index (χ1) is 8.34. The minimum Gasteiger partial charge on any atom is -0.334 e. The number of nitrogens with zero attached hydrogens (tertiary/aromatic N) is 3. The Balaban J connectivity index is 2.09. The number of benzene rings is 1. The summed E-state index contributed by atoms with van der Waals surface area (Å²) >= 11 is 0. The number of H-pyrrole nitrogens is 1. The zero-order valence-corrected chi connectivity index (χ0v) is 9.46. The van der Waals surface area contributed by atoms with Gasteiger partial charge in [0.05, 0.1) is 23.9 Å². The number of nitrogens with one attached hydrogen (secondary N) is 1. The van der Waals surface area contributed by atoms with Crippen molar-refractivity contribution in [2.24, 2.45) is 7.05 Å². The van der Waals surface area contributed by atoms with Gasteiger partial charge in [-0.2, -0.15) is 5.10 Å². The van der Waals surface area contributed by atoms with Gasteiger partial charge in [0.15, 0.2) is 0 Å². The Labute approximate surface area is 98.9 Å². The molecular weight excluding hydrogens is 212 g/mol. The van der Waals surface area contributed by atoms with Crippen LogP contribution in [-0.4, -0.2) is 19.7 Å². The van der Waals surface area contributed by atoms with E-state index in [4.69, 9.17) is 0 Å². The second-order valence-electron chi connectivity index (χ2n) is 3.94. The lowest BCUT2D eigenvalue weighted by molar-refractivity contribution is 0.921. The number of imidazole rings is 1.